The third kappa shape index (κ3) is 6.04. The lowest BCUT2D eigenvalue weighted by Gasteiger charge is -2.18. The molecule has 0 bridgehead atoms. The first kappa shape index (κ1) is 15.5. The Balaban J connectivity index is 2.63. The van der Waals surface area contributed by atoms with Crippen LogP contribution in [0.1, 0.15) is 55.3 Å². The smallest absolute Gasteiger partial charge is 0.223 e. The molecule has 0 radical (unpaired) electrons. The van der Waals surface area contributed by atoms with E-state index in [9.17, 15) is 9.59 Å². The van der Waals surface area contributed by atoms with Crippen molar-refractivity contribution in [2.24, 2.45) is 17.7 Å². The molecular formula is C16H29NO3. The summed E-state index contributed by atoms with van der Waals surface area (Å²) in [4.78, 5) is 24.4. The summed E-state index contributed by atoms with van der Waals surface area (Å²) in [5, 5.41) is 2.82. The molecular weight excluding hydrogens is 254 g/mol. The molecule has 1 saturated heterocycles. The molecule has 3 unspecified atom stereocenters. The van der Waals surface area contributed by atoms with Crippen LogP contribution in [0, 0.1) is 17.7 Å². The second kappa shape index (κ2) is 7.77. The first-order valence-electron chi connectivity index (χ1n) is 8.12. The van der Waals surface area contributed by atoms with Gasteiger partial charge in [0.05, 0.1) is 6.10 Å². The van der Waals surface area contributed by atoms with Gasteiger partial charge in [0.25, 0.3) is 0 Å². The van der Waals surface area contributed by atoms with Gasteiger partial charge in [-0.2, -0.15) is 0 Å². The molecule has 1 heterocycles. The highest BCUT2D eigenvalue weighted by Gasteiger charge is 2.41. The maximum absolute atomic E-state index is 12.4. The molecule has 4 nitrogen and oxygen atoms in total. The summed E-state index contributed by atoms with van der Waals surface area (Å²) in [6, 6.07) is 0. The fraction of sp³-hybridized carbons (Fsp3) is 0.875. The molecule has 0 aliphatic carbocycles. The zero-order valence-electron chi connectivity index (χ0n) is 14.4. The van der Waals surface area contributed by atoms with Crippen LogP contribution in [-0.4, -0.2) is 30.4 Å². The van der Waals surface area contributed by atoms with Crippen LogP contribution in [0.5, 0.6) is 0 Å². The van der Waals surface area contributed by atoms with Crippen molar-refractivity contribution < 1.29 is 15.7 Å². The second-order valence-corrected chi connectivity index (χ2v) is 6.54. The SMILES string of the molecule is [2H]C(CC(=O)C1OC1C)(CC(C)C)C(=O)NCCC(C)C. The van der Waals surface area contributed by atoms with Crippen LogP contribution in [0.4, 0.5) is 0 Å². The number of ether oxygens (including phenoxy) is 1. The van der Waals surface area contributed by atoms with Gasteiger partial charge < -0.3 is 10.1 Å². The van der Waals surface area contributed by atoms with Gasteiger partial charge in [0.2, 0.25) is 5.91 Å². The topological polar surface area (TPSA) is 58.7 Å². The lowest BCUT2D eigenvalue weighted by Crippen LogP contribution is -2.34. The van der Waals surface area contributed by atoms with Gasteiger partial charge in [0.1, 0.15) is 6.10 Å². The minimum Gasteiger partial charge on any atom is -0.362 e. The molecule has 0 aromatic carbocycles. The maximum Gasteiger partial charge on any atom is 0.223 e. The van der Waals surface area contributed by atoms with E-state index in [-0.39, 0.29) is 30.1 Å². The number of hydrogen-bond donors (Lipinski definition) is 1. The molecule has 0 aromatic heterocycles. The Kier molecular flexibility index (Phi) is 6.02. The fourth-order valence-corrected chi connectivity index (χ4v) is 2.17. The van der Waals surface area contributed by atoms with Gasteiger partial charge in [0, 0.05) is 20.2 Å². The predicted octanol–water partition coefficient (Wildman–Crippen LogP) is 2.56. The highest BCUT2D eigenvalue weighted by Crippen LogP contribution is 2.26. The van der Waals surface area contributed by atoms with Gasteiger partial charge >= 0.3 is 0 Å². The maximum atomic E-state index is 12.4. The average Bonchev–Trinajstić information content (AvgIpc) is 3.04. The zero-order valence-corrected chi connectivity index (χ0v) is 13.4. The van der Waals surface area contributed by atoms with E-state index < -0.39 is 12.0 Å². The van der Waals surface area contributed by atoms with Crippen LogP contribution in [0.2, 0.25) is 0 Å². The summed E-state index contributed by atoms with van der Waals surface area (Å²) in [6.45, 7) is 10.5. The first-order valence-corrected chi connectivity index (χ1v) is 7.62. The Morgan fingerprint density at radius 3 is 2.30 bits per heavy atom. The highest BCUT2D eigenvalue weighted by molar-refractivity contribution is 5.90. The van der Waals surface area contributed by atoms with Crippen LogP contribution in [0.15, 0.2) is 0 Å². The van der Waals surface area contributed by atoms with E-state index in [2.05, 4.69) is 19.2 Å². The van der Waals surface area contributed by atoms with Gasteiger partial charge in [-0.15, -0.1) is 0 Å². The molecule has 0 aromatic rings. The Hall–Kier alpha value is -0.900. The van der Waals surface area contributed by atoms with Crippen molar-refractivity contribution in [3.63, 3.8) is 0 Å². The largest absolute Gasteiger partial charge is 0.362 e. The van der Waals surface area contributed by atoms with Crippen LogP contribution in [0.3, 0.4) is 0 Å². The number of nitrogens with one attached hydrogen (secondary N) is 1. The van der Waals surface area contributed by atoms with Crippen molar-refractivity contribution in [3.8, 4) is 0 Å². The van der Waals surface area contributed by atoms with Crippen LogP contribution in [0.25, 0.3) is 0 Å². The third-order valence-corrected chi connectivity index (χ3v) is 3.40. The number of epoxide rings is 1. The summed E-state index contributed by atoms with van der Waals surface area (Å²) < 4.78 is 13.6. The Bertz CT molecular complexity index is 384. The summed E-state index contributed by atoms with van der Waals surface area (Å²) in [6.07, 6.45) is 0.719. The van der Waals surface area contributed by atoms with Gasteiger partial charge in [0.15, 0.2) is 5.78 Å². The Morgan fingerprint density at radius 1 is 1.25 bits per heavy atom. The molecule has 116 valence electrons. The van der Waals surface area contributed by atoms with E-state index in [0.29, 0.717) is 18.9 Å². The molecule has 1 fully saturated rings. The number of hydrogen-bond acceptors (Lipinski definition) is 3. The minimum absolute atomic E-state index is 0.0618. The van der Waals surface area contributed by atoms with Crippen molar-refractivity contribution in [1.82, 2.24) is 5.32 Å². The highest BCUT2D eigenvalue weighted by atomic mass is 16.6. The average molecular weight is 284 g/mol. The van der Waals surface area contributed by atoms with Crippen LogP contribution in [-0.2, 0) is 14.3 Å². The monoisotopic (exact) mass is 284 g/mol. The van der Waals surface area contributed by atoms with Crippen molar-refractivity contribution >= 4 is 11.7 Å². The standard InChI is InChI=1S/C16H29NO3/c1-10(2)6-7-17-16(19)13(8-11(3)4)9-14(18)15-12(5)20-15/h10-13,15H,6-9H2,1-5H3,(H,17,19)/i13D. The van der Waals surface area contributed by atoms with E-state index in [1.54, 1.807) is 0 Å². The van der Waals surface area contributed by atoms with E-state index in [4.69, 9.17) is 6.11 Å². The number of Topliss-reactive ketones (excluding diaryl/α,β-unsaturated/α-hetero) is 1. The molecule has 0 saturated carbocycles. The summed E-state index contributed by atoms with van der Waals surface area (Å²) in [7, 11) is 0. The van der Waals surface area contributed by atoms with Crippen molar-refractivity contribution in [2.45, 2.75) is 66.1 Å². The van der Waals surface area contributed by atoms with Gasteiger partial charge in [-0.25, -0.2) is 0 Å². The number of carbonyl (C=O) groups excluding carboxylic acids is 2. The fourth-order valence-electron chi connectivity index (χ4n) is 2.17. The summed E-state index contributed by atoms with van der Waals surface area (Å²) in [5.74, 6) is -1.16. The number of carbonyl (C=O) groups is 2. The Morgan fingerprint density at radius 2 is 1.85 bits per heavy atom. The van der Waals surface area contributed by atoms with Crippen LogP contribution < -0.4 is 5.32 Å². The summed E-state index contributed by atoms with van der Waals surface area (Å²) in [5.41, 5.74) is 0. The van der Waals surface area contributed by atoms with E-state index >= 15 is 0 Å². The van der Waals surface area contributed by atoms with E-state index in [1.165, 1.54) is 0 Å². The summed E-state index contributed by atoms with van der Waals surface area (Å²) >= 11 is 0. The molecule has 20 heavy (non-hydrogen) atoms. The number of rotatable bonds is 9. The van der Waals surface area contributed by atoms with Crippen molar-refractivity contribution in [1.29, 1.82) is 0 Å². The molecule has 1 amide bonds. The minimum atomic E-state index is -1.38. The normalized spacial score (nSPS) is 25.2. The first-order chi connectivity index (χ1) is 9.65. The molecule has 0 spiro atoms. The van der Waals surface area contributed by atoms with Gasteiger partial charge in [-0.3, -0.25) is 9.59 Å². The van der Waals surface area contributed by atoms with Crippen LogP contribution >= 0.6 is 0 Å². The molecule has 1 rings (SSSR count). The molecule has 4 heteroatoms. The molecule has 1 N–H and O–H groups in total. The van der Waals surface area contributed by atoms with E-state index in [1.807, 2.05) is 20.8 Å². The molecule has 3 atom stereocenters. The Labute approximate surface area is 124 Å². The lowest BCUT2D eigenvalue weighted by molar-refractivity contribution is -0.130. The number of ketones is 1. The van der Waals surface area contributed by atoms with Crippen molar-refractivity contribution in [2.75, 3.05) is 6.54 Å². The van der Waals surface area contributed by atoms with Gasteiger partial charge in [-0.05, 0) is 31.6 Å². The quantitative estimate of drug-likeness (QED) is 0.662. The molecule has 1 aliphatic rings. The lowest BCUT2D eigenvalue weighted by atomic mass is 9.90. The molecule has 1 aliphatic heterocycles. The second-order valence-electron chi connectivity index (χ2n) is 6.54. The number of amides is 1. The van der Waals surface area contributed by atoms with E-state index in [0.717, 1.165) is 6.42 Å². The third-order valence-electron chi connectivity index (χ3n) is 3.40. The van der Waals surface area contributed by atoms with Gasteiger partial charge in [-0.1, -0.05) is 27.7 Å². The zero-order chi connectivity index (χ0) is 16.2. The predicted molar refractivity (Wildman–Crippen MR) is 79.4 cm³/mol. The van der Waals surface area contributed by atoms with Crippen molar-refractivity contribution in [3.05, 3.63) is 0 Å².